The molecule has 0 aromatic rings. The summed E-state index contributed by atoms with van der Waals surface area (Å²) in [5, 5.41) is 0. The summed E-state index contributed by atoms with van der Waals surface area (Å²) >= 11 is 0. The Hall–Kier alpha value is -3.15. The van der Waals surface area contributed by atoms with E-state index >= 15 is 0 Å². The fourth-order valence-corrected chi connectivity index (χ4v) is 10.5. The topological polar surface area (TPSA) is 78.9 Å². The largest absolute Gasteiger partial charge is 0.462 e. The van der Waals surface area contributed by atoms with E-state index in [0.29, 0.717) is 12.8 Å². The predicted molar refractivity (Wildman–Crippen MR) is 353 cm³/mol. The van der Waals surface area contributed by atoms with Crippen molar-refractivity contribution in [1.29, 1.82) is 0 Å². The number of unbranched alkanes of at least 4 members (excludes halogenated alkanes) is 43. The van der Waals surface area contributed by atoms with Crippen LogP contribution in [0, 0.1) is 0 Å². The Bertz CT molecular complexity index is 1490. The summed E-state index contributed by atoms with van der Waals surface area (Å²) in [6, 6.07) is 0. The lowest BCUT2D eigenvalue weighted by Gasteiger charge is -2.18. The highest BCUT2D eigenvalue weighted by Crippen LogP contribution is 2.18. The number of hydrogen-bond acceptors (Lipinski definition) is 6. The summed E-state index contributed by atoms with van der Waals surface area (Å²) in [6.45, 7) is 6.47. The standard InChI is InChI=1S/C75H134O6/c1-4-7-10-13-16-19-22-25-28-29-30-31-32-33-34-35-36-37-38-39-40-41-42-43-44-45-46-48-50-53-56-59-62-65-68-74(77)80-71-72(70-79-73(76)67-64-61-58-55-52-49-27-24-21-18-15-12-9-6-3)81-75(78)69-66-63-60-57-54-51-47-26-23-20-17-14-11-8-5-2/h8,11,17,20,24,26-27,47,54,57,63,66,72H,4-7,9-10,12-16,18-19,21-23,25,28-46,48-53,55-56,58-62,64-65,67-71H2,1-3H3/b11-8-,20-17-,27-24-,47-26-,57-54-,66-63-. The number of ether oxygens (including phenoxy) is 3. The number of allylic oxidation sites excluding steroid dienone is 11. The molecule has 0 amide bonds. The van der Waals surface area contributed by atoms with Crippen LogP contribution in [0.15, 0.2) is 72.9 Å². The van der Waals surface area contributed by atoms with Gasteiger partial charge >= 0.3 is 17.9 Å². The maximum Gasteiger partial charge on any atom is 0.310 e. The zero-order chi connectivity index (χ0) is 58.5. The maximum absolute atomic E-state index is 12.8. The molecular weight excluding hydrogens is 997 g/mol. The fraction of sp³-hybridized carbons (Fsp3) is 0.800. The minimum atomic E-state index is -0.833. The maximum atomic E-state index is 12.8. The van der Waals surface area contributed by atoms with Crippen LogP contribution in [0.2, 0.25) is 0 Å². The molecule has 0 N–H and O–H groups in total. The summed E-state index contributed by atoms with van der Waals surface area (Å²) < 4.78 is 16.8. The molecule has 0 aliphatic rings. The average Bonchev–Trinajstić information content (AvgIpc) is 3.47. The van der Waals surface area contributed by atoms with Gasteiger partial charge < -0.3 is 14.2 Å². The Morgan fingerprint density at radius 2 is 0.519 bits per heavy atom. The third kappa shape index (κ3) is 67.5. The number of rotatable bonds is 65. The van der Waals surface area contributed by atoms with Crippen LogP contribution in [0.4, 0.5) is 0 Å². The van der Waals surface area contributed by atoms with Gasteiger partial charge in [-0.1, -0.05) is 351 Å². The van der Waals surface area contributed by atoms with Crippen molar-refractivity contribution < 1.29 is 28.6 Å². The first-order valence-electron chi connectivity index (χ1n) is 35.4. The van der Waals surface area contributed by atoms with Gasteiger partial charge in [0.2, 0.25) is 0 Å². The lowest BCUT2D eigenvalue weighted by molar-refractivity contribution is -0.166. The minimum Gasteiger partial charge on any atom is -0.462 e. The Morgan fingerprint density at radius 3 is 0.802 bits per heavy atom. The van der Waals surface area contributed by atoms with Gasteiger partial charge in [0.1, 0.15) is 13.2 Å². The molecule has 0 aliphatic heterocycles. The molecule has 1 unspecified atom stereocenters. The monoisotopic (exact) mass is 1130 g/mol. The third-order valence-corrected chi connectivity index (χ3v) is 15.7. The number of carbonyl (C=O) groups is 3. The van der Waals surface area contributed by atoms with Crippen molar-refractivity contribution in [2.45, 2.75) is 374 Å². The second-order valence-corrected chi connectivity index (χ2v) is 23.8. The van der Waals surface area contributed by atoms with Gasteiger partial charge in [-0.2, -0.15) is 0 Å². The first-order chi connectivity index (χ1) is 40.0. The summed E-state index contributed by atoms with van der Waals surface area (Å²) in [5.74, 6) is -1.04. The molecule has 0 spiro atoms. The zero-order valence-electron chi connectivity index (χ0n) is 54.1. The highest BCUT2D eigenvalue weighted by atomic mass is 16.6. The average molecular weight is 1130 g/mol. The summed E-state index contributed by atoms with van der Waals surface area (Å²) in [5.41, 5.74) is 0. The Morgan fingerprint density at radius 1 is 0.272 bits per heavy atom. The minimum absolute atomic E-state index is 0.0977. The fourth-order valence-electron chi connectivity index (χ4n) is 10.5. The Labute approximate surface area is 503 Å². The van der Waals surface area contributed by atoms with Gasteiger partial charge in [0.25, 0.3) is 0 Å². The second kappa shape index (κ2) is 69.3. The van der Waals surface area contributed by atoms with E-state index in [4.69, 9.17) is 14.2 Å². The van der Waals surface area contributed by atoms with E-state index in [0.717, 1.165) is 83.5 Å². The van der Waals surface area contributed by atoms with Crippen LogP contribution < -0.4 is 0 Å². The molecular formula is C75H134O6. The number of carbonyl (C=O) groups excluding carboxylic acids is 3. The molecule has 81 heavy (non-hydrogen) atoms. The Kier molecular flexibility index (Phi) is 66.6. The van der Waals surface area contributed by atoms with E-state index in [1.807, 2.05) is 6.08 Å². The summed E-state index contributed by atoms with van der Waals surface area (Å²) in [4.78, 5) is 38.2. The van der Waals surface area contributed by atoms with Crippen LogP contribution in [0.5, 0.6) is 0 Å². The van der Waals surface area contributed by atoms with Crippen molar-refractivity contribution in [2.75, 3.05) is 13.2 Å². The highest BCUT2D eigenvalue weighted by Gasteiger charge is 2.19. The molecule has 0 heterocycles. The van der Waals surface area contributed by atoms with Gasteiger partial charge in [-0.15, -0.1) is 0 Å². The zero-order valence-corrected chi connectivity index (χ0v) is 54.1. The van der Waals surface area contributed by atoms with Gasteiger partial charge in [0.15, 0.2) is 6.10 Å². The van der Waals surface area contributed by atoms with E-state index in [-0.39, 0.29) is 31.6 Å². The molecule has 0 saturated heterocycles. The predicted octanol–water partition coefficient (Wildman–Crippen LogP) is 24.4. The molecule has 0 radical (unpaired) electrons. The third-order valence-electron chi connectivity index (χ3n) is 15.7. The molecule has 0 aliphatic carbocycles. The SMILES string of the molecule is CC/C=C\C/C=C\C/C=C\C/C=C\C/C=C\CC(=O)OC(COC(=O)CCCCCCC/C=C\CCCCCCC)COC(=O)CCCCCCCCCCCCCCCCCCCCCCCCCCCCCCCCCCCC. The van der Waals surface area contributed by atoms with Crippen LogP contribution in [0.25, 0.3) is 0 Å². The van der Waals surface area contributed by atoms with E-state index in [2.05, 4.69) is 81.5 Å². The van der Waals surface area contributed by atoms with Crippen LogP contribution >= 0.6 is 0 Å². The van der Waals surface area contributed by atoms with Gasteiger partial charge in [-0.3, -0.25) is 14.4 Å². The number of esters is 3. The lowest BCUT2D eigenvalue weighted by atomic mass is 10.0. The van der Waals surface area contributed by atoms with E-state index < -0.39 is 12.1 Å². The first-order valence-corrected chi connectivity index (χ1v) is 35.4. The van der Waals surface area contributed by atoms with Crippen LogP contribution in [0.3, 0.4) is 0 Å². The first kappa shape index (κ1) is 77.9. The van der Waals surface area contributed by atoms with Crippen molar-refractivity contribution in [3.05, 3.63) is 72.9 Å². The van der Waals surface area contributed by atoms with Gasteiger partial charge in [0, 0.05) is 12.8 Å². The van der Waals surface area contributed by atoms with Crippen LogP contribution in [0.1, 0.15) is 367 Å². The molecule has 0 rings (SSSR count). The molecule has 0 fully saturated rings. The van der Waals surface area contributed by atoms with Gasteiger partial charge in [-0.25, -0.2) is 0 Å². The quantitative estimate of drug-likeness (QED) is 0.0261. The van der Waals surface area contributed by atoms with E-state index in [1.54, 1.807) is 6.08 Å². The summed E-state index contributed by atoms with van der Waals surface area (Å²) in [6.07, 6.45) is 91.4. The molecule has 0 bridgehead atoms. The molecule has 6 nitrogen and oxygen atoms in total. The molecule has 6 heteroatoms. The van der Waals surface area contributed by atoms with E-state index in [1.165, 1.54) is 244 Å². The van der Waals surface area contributed by atoms with Crippen LogP contribution in [-0.2, 0) is 28.6 Å². The van der Waals surface area contributed by atoms with Crippen molar-refractivity contribution in [3.63, 3.8) is 0 Å². The van der Waals surface area contributed by atoms with Crippen molar-refractivity contribution in [3.8, 4) is 0 Å². The molecule has 0 saturated carbocycles. The summed E-state index contributed by atoms with van der Waals surface area (Å²) in [7, 11) is 0. The van der Waals surface area contributed by atoms with Gasteiger partial charge in [0.05, 0.1) is 6.42 Å². The van der Waals surface area contributed by atoms with Gasteiger partial charge in [-0.05, 0) is 70.6 Å². The molecule has 470 valence electrons. The smallest absolute Gasteiger partial charge is 0.310 e. The lowest BCUT2D eigenvalue weighted by Crippen LogP contribution is -2.30. The molecule has 0 aromatic heterocycles. The number of hydrogen-bond donors (Lipinski definition) is 0. The molecule has 0 aromatic carbocycles. The van der Waals surface area contributed by atoms with Crippen LogP contribution in [-0.4, -0.2) is 37.2 Å². The van der Waals surface area contributed by atoms with Crippen molar-refractivity contribution in [1.82, 2.24) is 0 Å². The molecule has 1 atom stereocenters. The van der Waals surface area contributed by atoms with Crippen molar-refractivity contribution in [2.24, 2.45) is 0 Å². The highest BCUT2D eigenvalue weighted by molar-refractivity contribution is 5.72. The Balaban J connectivity index is 4.14. The van der Waals surface area contributed by atoms with Crippen molar-refractivity contribution >= 4 is 17.9 Å². The van der Waals surface area contributed by atoms with E-state index in [9.17, 15) is 14.4 Å². The normalized spacial score (nSPS) is 12.5. The second-order valence-electron chi connectivity index (χ2n) is 23.8.